The number of hydrogen-bond donors (Lipinski definition) is 0. The molecular formula is C19H18ClNO3S2. The highest BCUT2D eigenvalue weighted by Crippen LogP contribution is 2.41. The van der Waals surface area contributed by atoms with E-state index in [9.17, 15) is 0 Å². The molecule has 3 aromatic rings. The Kier molecular flexibility index (Phi) is 5.86. The van der Waals surface area contributed by atoms with Gasteiger partial charge in [0.2, 0.25) is 5.75 Å². The summed E-state index contributed by atoms with van der Waals surface area (Å²) in [5.41, 5.74) is 2.91. The number of methoxy groups -OCH3 is 3. The summed E-state index contributed by atoms with van der Waals surface area (Å²) in [6.07, 6.45) is 0. The molecule has 4 nitrogen and oxygen atoms in total. The lowest BCUT2D eigenvalue weighted by Crippen LogP contribution is -2.03. The molecule has 2 aromatic carbocycles. The molecule has 0 unspecified atom stereocenters. The van der Waals surface area contributed by atoms with Crippen molar-refractivity contribution in [2.45, 2.75) is 6.54 Å². The SMILES string of the molecule is COc1cc(-c2csc(=S)n2Cc2ccccc2Cl)cc(OC)c1OC. The number of halogens is 1. The number of nitrogens with zero attached hydrogens (tertiary/aromatic N) is 1. The van der Waals surface area contributed by atoms with E-state index in [1.54, 1.807) is 21.3 Å². The van der Waals surface area contributed by atoms with E-state index in [4.69, 9.17) is 38.0 Å². The van der Waals surface area contributed by atoms with E-state index in [-0.39, 0.29) is 0 Å². The topological polar surface area (TPSA) is 32.6 Å². The molecule has 7 heteroatoms. The van der Waals surface area contributed by atoms with Gasteiger partial charge in [-0.25, -0.2) is 0 Å². The Hall–Kier alpha value is -2.02. The maximum atomic E-state index is 6.33. The molecule has 0 spiro atoms. The number of rotatable bonds is 6. The van der Waals surface area contributed by atoms with Crippen molar-refractivity contribution < 1.29 is 14.2 Å². The van der Waals surface area contributed by atoms with Gasteiger partial charge in [-0.3, -0.25) is 0 Å². The first kappa shape index (κ1) is 18.8. The van der Waals surface area contributed by atoms with Crippen molar-refractivity contribution in [1.29, 1.82) is 0 Å². The van der Waals surface area contributed by atoms with Crippen LogP contribution in [0.1, 0.15) is 5.56 Å². The van der Waals surface area contributed by atoms with Crippen molar-refractivity contribution in [2.24, 2.45) is 0 Å². The first-order valence-electron chi connectivity index (χ1n) is 7.81. The molecule has 0 aliphatic heterocycles. The van der Waals surface area contributed by atoms with Crippen LogP contribution in [0, 0.1) is 3.95 Å². The molecule has 0 amide bonds. The van der Waals surface area contributed by atoms with Gasteiger partial charge in [-0.15, -0.1) is 11.3 Å². The van der Waals surface area contributed by atoms with Crippen LogP contribution in [0.25, 0.3) is 11.3 Å². The molecule has 0 radical (unpaired) electrons. The van der Waals surface area contributed by atoms with Gasteiger partial charge in [-0.2, -0.15) is 0 Å². The largest absolute Gasteiger partial charge is 0.493 e. The van der Waals surface area contributed by atoms with Crippen LogP contribution in [0.5, 0.6) is 17.2 Å². The minimum Gasteiger partial charge on any atom is -0.493 e. The van der Waals surface area contributed by atoms with E-state index in [1.165, 1.54) is 11.3 Å². The van der Waals surface area contributed by atoms with Crippen molar-refractivity contribution >= 4 is 35.2 Å². The van der Waals surface area contributed by atoms with Gasteiger partial charge in [0, 0.05) is 16.0 Å². The maximum absolute atomic E-state index is 6.33. The molecule has 0 aliphatic carbocycles. The van der Waals surface area contributed by atoms with Crippen LogP contribution in [0.2, 0.25) is 5.02 Å². The zero-order valence-corrected chi connectivity index (χ0v) is 17.0. The van der Waals surface area contributed by atoms with Crippen molar-refractivity contribution in [3.05, 3.63) is 56.3 Å². The molecule has 0 aliphatic rings. The van der Waals surface area contributed by atoms with Crippen molar-refractivity contribution in [2.75, 3.05) is 21.3 Å². The smallest absolute Gasteiger partial charge is 0.203 e. The molecule has 0 atom stereocenters. The van der Waals surface area contributed by atoms with Crippen molar-refractivity contribution in [3.8, 4) is 28.5 Å². The van der Waals surface area contributed by atoms with E-state index in [0.717, 1.165) is 25.8 Å². The molecule has 3 rings (SSSR count). The van der Waals surface area contributed by atoms with E-state index < -0.39 is 0 Å². The van der Waals surface area contributed by atoms with Crippen molar-refractivity contribution in [3.63, 3.8) is 0 Å². The highest BCUT2D eigenvalue weighted by molar-refractivity contribution is 7.73. The Bertz CT molecular complexity index is 956. The lowest BCUT2D eigenvalue weighted by molar-refractivity contribution is 0.324. The normalized spacial score (nSPS) is 10.6. The lowest BCUT2D eigenvalue weighted by atomic mass is 10.1. The van der Waals surface area contributed by atoms with E-state index >= 15 is 0 Å². The summed E-state index contributed by atoms with van der Waals surface area (Å²) >= 11 is 13.4. The van der Waals surface area contributed by atoms with Crippen LogP contribution in [0.3, 0.4) is 0 Å². The fourth-order valence-electron chi connectivity index (χ4n) is 2.73. The molecule has 26 heavy (non-hydrogen) atoms. The molecule has 0 saturated heterocycles. The summed E-state index contributed by atoms with van der Waals surface area (Å²) in [4.78, 5) is 0. The van der Waals surface area contributed by atoms with Crippen LogP contribution in [0.15, 0.2) is 41.8 Å². The summed E-state index contributed by atoms with van der Waals surface area (Å²) < 4.78 is 19.2. The van der Waals surface area contributed by atoms with Crippen LogP contribution < -0.4 is 14.2 Å². The van der Waals surface area contributed by atoms with Crippen LogP contribution in [-0.4, -0.2) is 25.9 Å². The third kappa shape index (κ3) is 3.58. The molecule has 1 aromatic heterocycles. The van der Waals surface area contributed by atoms with Gasteiger partial charge in [0.1, 0.15) is 0 Å². The maximum Gasteiger partial charge on any atom is 0.203 e. The molecule has 1 heterocycles. The van der Waals surface area contributed by atoms with Gasteiger partial charge in [-0.1, -0.05) is 29.8 Å². The molecular weight excluding hydrogens is 390 g/mol. The van der Waals surface area contributed by atoms with E-state index in [0.29, 0.717) is 23.8 Å². The first-order chi connectivity index (χ1) is 12.6. The third-order valence-corrected chi connectivity index (χ3v) is 5.67. The van der Waals surface area contributed by atoms with Crippen LogP contribution >= 0.6 is 35.2 Å². The van der Waals surface area contributed by atoms with Gasteiger partial charge in [0.15, 0.2) is 15.5 Å². The predicted octanol–water partition coefficient (Wildman–Crippen LogP) is 5.67. The van der Waals surface area contributed by atoms with Gasteiger partial charge in [-0.05, 0) is 36.0 Å². The minimum absolute atomic E-state index is 0.560. The second-order valence-electron chi connectivity index (χ2n) is 5.48. The number of aromatic nitrogens is 1. The third-order valence-electron chi connectivity index (χ3n) is 4.03. The predicted molar refractivity (Wildman–Crippen MR) is 109 cm³/mol. The average Bonchev–Trinajstić information content (AvgIpc) is 3.02. The zero-order chi connectivity index (χ0) is 18.7. The van der Waals surface area contributed by atoms with Crippen LogP contribution in [0.4, 0.5) is 0 Å². The Balaban J connectivity index is 2.12. The molecule has 0 fully saturated rings. The van der Waals surface area contributed by atoms with Gasteiger partial charge in [0.25, 0.3) is 0 Å². The molecule has 0 bridgehead atoms. The van der Waals surface area contributed by atoms with Gasteiger partial charge >= 0.3 is 0 Å². The molecule has 0 N–H and O–H groups in total. The summed E-state index contributed by atoms with van der Waals surface area (Å²) in [7, 11) is 4.79. The van der Waals surface area contributed by atoms with E-state index in [2.05, 4.69) is 4.57 Å². The average molecular weight is 408 g/mol. The Morgan fingerprint density at radius 1 is 1.04 bits per heavy atom. The Morgan fingerprint density at radius 2 is 1.69 bits per heavy atom. The summed E-state index contributed by atoms with van der Waals surface area (Å²) in [6.45, 7) is 0.591. The molecule has 136 valence electrons. The fraction of sp³-hybridized carbons (Fsp3) is 0.211. The number of benzene rings is 2. The van der Waals surface area contributed by atoms with E-state index in [1.807, 2.05) is 41.8 Å². The standard InChI is InChI=1S/C19H18ClNO3S2/c1-22-16-8-13(9-17(23-2)18(16)24-3)15-11-26-19(25)21(15)10-12-6-4-5-7-14(12)20/h4-9,11H,10H2,1-3H3. The Labute approximate surface area is 166 Å². The lowest BCUT2D eigenvalue weighted by Gasteiger charge is -2.15. The van der Waals surface area contributed by atoms with Gasteiger partial charge in [0.05, 0.1) is 33.6 Å². The molecule has 0 saturated carbocycles. The van der Waals surface area contributed by atoms with Gasteiger partial charge < -0.3 is 18.8 Å². The minimum atomic E-state index is 0.560. The summed E-state index contributed by atoms with van der Waals surface area (Å²) in [5, 5.41) is 2.75. The fourth-order valence-corrected chi connectivity index (χ4v) is 4.00. The monoisotopic (exact) mass is 407 g/mol. The van der Waals surface area contributed by atoms with Crippen molar-refractivity contribution in [1.82, 2.24) is 4.57 Å². The number of hydrogen-bond acceptors (Lipinski definition) is 5. The highest BCUT2D eigenvalue weighted by Gasteiger charge is 2.17. The summed E-state index contributed by atoms with van der Waals surface area (Å²) in [5.74, 6) is 1.76. The van der Waals surface area contributed by atoms with Crippen LogP contribution in [-0.2, 0) is 6.54 Å². The second kappa shape index (κ2) is 8.12. The number of ether oxygens (including phenoxy) is 3. The first-order valence-corrected chi connectivity index (χ1v) is 9.47. The number of thiazole rings is 1. The zero-order valence-electron chi connectivity index (χ0n) is 14.6. The Morgan fingerprint density at radius 3 is 2.27 bits per heavy atom. The quantitative estimate of drug-likeness (QED) is 0.492. The highest BCUT2D eigenvalue weighted by atomic mass is 35.5. The summed E-state index contributed by atoms with van der Waals surface area (Å²) in [6, 6.07) is 11.6. The second-order valence-corrected chi connectivity index (χ2v) is 7.39.